The molecule has 4 nitrogen and oxygen atoms in total. The van der Waals surface area contributed by atoms with E-state index in [-0.39, 0.29) is 11.9 Å². The minimum atomic E-state index is 0.0292. The van der Waals surface area contributed by atoms with Crippen molar-refractivity contribution in [3.8, 4) is 0 Å². The van der Waals surface area contributed by atoms with Gasteiger partial charge in [0.15, 0.2) is 0 Å². The van der Waals surface area contributed by atoms with E-state index in [2.05, 4.69) is 24.1 Å². The molecule has 0 radical (unpaired) electrons. The van der Waals surface area contributed by atoms with Crippen LogP contribution in [-0.4, -0.2) is 61.5 Å². The van der Waals surface area contributed by atoms with Crippen molar-refractivity contribution in [1.29, 1.82) is 0 Å². The Balaban J connectivity index is 2.12. The number of likely N-dealkylation sites (N-methyl/N-ethyl adjacent to an activating group) is 1. The standard InChI is InChI=1S/C15H29N3O/c1-11-6-5-7-13(12(11)2)18-9-8-16-10-14(18)15(19)17(3)4/h11-14,16H,5-10H2,1-4H3. The van der Waals surface area contributed by atoms with Gasteiger partial charge in [-0.1, -0.05) is 26.7 Å². The number of amides is 1. The number of rotatable bonds is 2. The summed E-state index contributed by atoms with van der Waals surface area (Å²) in [5.74, 6) is 1.73. The highest BCUT2D eigenvalue weighted by Gasteiger charge is 2.39. The molecule has 4 unspecified atom stereocenters. The first kappa shape index (κ1) is 14.8. The molecule has 1 aliphatic heterocycles. The minimum Gasteiger partial charge on any atom is -0.347 e. The molecule has 0 aromatic heterocycles. The van der Waals surface area contributed by atoms with Gasteiger partial charge in [-0.3, -0.25) is 9.69 Å². The Morgan fingerprint density at radius 1 is 1.26 bits per heavy atom. The molecule has 2 rings (SSSR count). The molecule has 2 fully saturated rings. The lowest BCUT2D eigenvalue weighted by atomic mass is 9.76. The van der Waals surface area contributed by atoms with E-state index in [4.69, 9.17) is 0 Å². The summed E-state index contributed by atoms with van der Waals surface area (Å²) in [5.41, 5.74) is 0. The molecule has 1 amide bonds. The molecule has 4 heteroatoms. The number of piperazine rings is 1. The van der Waals surface area contributed by atoms with Crippen LogP contribution in [0.5, 0.6) is 0 Å². The fourth-order valence-electron chi connectivity index (χ4n) is 3.67. The van der Waals surface area contributed by atoms with Crippen molar-refractivity contribution in [1.82, 2.24) is 15.1 Å². The van der Waals surface area contributed by atoms with Crippen LogP contribution in [0.15, 0.2) is 0 Å². The van der Waals surface area contributed by atoms with E-state index in [1.165, 1.54) is 19.3 Å². The van der Waals surface area contributed by atoms with Crippen LogP contribution < -0.4 is 5.32 Å². The predicted molar refractivity (Wildman–Crippen MR) is 78.0 cm³/mol. The smallest absolute Gasteiger partial charge is 0.240 e. The molecule has 19 heavy (non-hydrogen) atoms. The van der Waals surface area contributed by atoms with E-state index in [1.54, 1.807) is 4.90 Å². The molecule has 0 aromatic carbocycles. The zero-order chi connectivity index (χ0) is 14.0. The molecule has 2 aliphatic rings. The Kier molecular flexibility index (Phi) is 4.85. The van der Waals surface area contributed by atoms with Gasteiger partial charge in [-0.15, -0.1) is 0 Å². The fourth-order valence-corrected chi connectivity index (χ4v) is 3.67. The summed E-state index contributed by atoms with van der Waals surface area (Å²) in [6.45, 7) is 7.55. The molecular formula is C15H29N3O. The molecule has 4 atom stereocenters. The second kappa shape index (κ2) is 6.23. The van der Waals surface area contributed by atoms with E-state index in [9.17, 15) is 4.79 Å². The van der Waals surface area contributed by atoms with Gasteiger partial charge in [-0.25, -0.2) is 0 Å². The van der Waals surface area contributed by atoms with Crippen LogP contribution in [0.3, 0.4) is 0 Å². The van der Waals surface area contributed by atoms with E-state index in [1.807, 2.05) is 14.1 Å². The fraction of sp³-hybridized carbons (Fsp3) is 0.933. The Morgan fingerprint density at radius 3 is 2.68 bits per heavy atom. The van der Waals surface area contributed by atoms with Crippen molar-refractivity contribution in [2.45, 2.75) is 45.2 Å². The summed E-state index contributed by atoms with van der Waals surface area (Å²) >= 11 is 0. The zero-order valence-corrected chi connectivity index (χ0v) is 12.9. The largest absolute Gasteiger partial charge is 0.347 e. The monoisotopic (exact) mass is 267 g/mol. The number of carbonyl (C=O) groups is 1. The minimum absolute atomic E-state index is 0.0292. The topological polar surface area (TPSA) is 35.6 Å². The third-order valence-corrected chi connectivity index (χ3v) is 5.10. The Labute approximate surface area is 117 Å². The molecule has 0 bridgehead atoms. The van der Waals surface area contributed by atoms with Crippen LogP contribution >= 0.6 is 0 Å². The highest BCUT2D eigenvalue weighted by Crippen LogP contribution is 2.34. The van der Waals surface area contributed by atoms with Gasteiger partial charge < -0.3 is 10.2 Å². The third kappa shape index (κ3) is 3.11. The van der Waals surface area contributed by atoms with Crippen molar-refractivity contribution in [2.75, 3.05) is 33.7 Å². The molecule has 0 spiro atoms. The summed E-state index contributed by atoms with van der Waals surface area (Å²) in [7, 11) is 3.73. The van der Waals surface area contributed by atoms with Gasteiger partial charge in [0.1, 0.15) is 6.04 Å². The lowest BCUT2D eigenvalue weighted by Crippen LogP contribution is -2.62. The Bertz CT molecular complexity index is 319. The quantitative estimate of drug-likeness (QED) is 0.816. The van der Waals surface area contributed by atoms with Crippen LogP contribution in [0.2, 0.25) is 0 Å². The van der Waals surface area contributed by atoms with Gasteiger partial charge >= 0.3 is 0 Å². The maximum Gasteiger partial charge on any atom is 0.240 e. The van der Waals surface area contributed by atoms with Gasteiger partial charge in [0.2, 0.25) is 5.91 Å². The van der Waals surface area contributed by atoms with Crippen LogP contribution in [0.1, 0.15) is 33.1 Å². The van der Waals surface area contributed by atoms with E-state index >= 15 is 0 Å². The number of hydrogen-bond donors (Lipinski definition) is 1. The van der Waals surface area contributed by atoms with E-state index < -0.39 is 0 Å². The summed E-state index contributed by atoms with van der Waals surface area (Å²) in [4.78, 5) is 16.6. The number of nitrogens with one attached hydrogen (secondary N) is 1. The number of nitrogens with zero attached hydrogens (tertiary/aromatic N) is 2. The molecule has 1 heterocycles. The highest BCUT2D eigenvalue weighted by atomic mass is 16.2. The molecule has 0 aromatic rings. The van der Waals surface area contributed by atoms with Gasteiger partial charge in [-0.2, -0.15) is 0 Å². The molecular weight excluding hydrogens is 238 g/mol. The Hall–Kier alpha value is -0.610. The second-order valence-corrected chi connectivity index (χ2v) is 6.53. The molecule has 110 valence electrons. The highest BCUT2D eigenvalue weighted by molar-refractivity contribution is 5.81. The summed E-state index contributed by atoms with van der Waals surface area (Å²) in [5, 5.41) is 3.38. The SMILES string of the molecule is CC1CCCC(N2CCNCC2C(=O)N(C)C)C1C. The van der Waals surface area contributed by atoms with Crippen molar-refractivity contribution in [3.05, 3.63) is 0 Å². The molecule has 1 N–H and O–H groups in total. The lowest BCUT2D eigenvalue weighted by molar-refractivity contribution is -0.137. The first-order valence-corrected chi connectivity index (χ1v) is 7.70. The van der Waals surface area contributed by atoms with Crippen molar-refractivity contribution in [3.63, 3.8) is 0 Å². The predicted octanol–water partition coefficient (Wildman–Crippen LogP) is 1.17. The van der Waals surface area contributed by atoms with Crippen LogP contribution in [0, 0.1) is 11.8 Å². The molecule has 1 aliphatic carbocycles. The van der Waals surface area contributed by atoms with Gasteiger partial charge in [0, 0.05) is 39.8 Å². The Morgan fingerprint density at radius 2 is 2.00 bits per heavy atom. The van der Waals surface area contributed by atoms with E-state index in [0.717, 1.165) is 25.6 Å². The lowest BCUT2D eigenvalue weighted by Gasteiger charge is -2.47. The van der Waals surface area contributed by atoms with Gasteiger partial charge in [-0.05, 0) is 18.3 Å². The molecule has 1 saturated carbocycles. The van der Waals surface area contributed by atoms with Crippen molar-refractivity contribution >= 4 is 5.91 Å². The summed E-state index contributed by atoms with van der Waals surface area (Å²) < 4.78 is 0. The van der Waals surface area contributed by atoms with Gasteiger partial charge in [0.05, 0.1) is 0 Å². The van der Waals surface area contributed by atoms with Crippen LogP contribution in [0.25, 0.3) is 0 Å². The summed E-state index contributed by atoms with van der Waals surface area (Å²) in [6.07, 6.45) is 3.90. The molecule has 1 saturated heterocycles. The van der Waals surface area contributed by atoms with Gasteiger partial charge in [0.25, 0.3) is 0 Å². The maximum absolute atomic E-state index is 12.4. The first-order valence-electron chi connectivity index (χ1n) is 7.70. The van der Waals surface area contributed by atoms with E-state index in [0.29, 0.717) is 12.0 Å². The third-order valence-electron chi connectivity index (χ3n) is 5.10. The average Bonchev–Trinajstić information content (AvgIpc) is 2.41. The van der Waals surface area contributed by atoms with Crippen LogP contribution in [-0.2, 0) is 4.79 Å². The number of hydrogen-bond acceptors (Lipinski definition) is 3. The first-order chi connectivity index (χ1) is 9.02. The van der Waals surface area contributed by atoms with Crippen molar-refractivity contribution in [2.24, 2.45) is 11.8 Å². The maximum atomic E-state index is 12.4. The van der Waals surface area contributed by atoms with Crippen molar-refractivity contribution < 1.29 is 4.79 Å². The average molecular weight is 267 g/mol. The second-order valence-electron chi connectivity index (χ2n) is 6.53. The normalized spacial score (nSPS) is 37.1. The number of carbonyl (C=O) groups excluding carboxylic acids is 1. The van der Waals surface area contributed by atoms with Crippen LogP contribution in [0.4, 0.5) is 0 Å². The zero-order valence-electron chi connectivity index (χ0n) is 12.9. The summed E-state index contributed by atoms with van der Waals surface area (Å²) in [6, 6.07) is 0.612.